The van der Waals surface area contributed by atoms with Gasteiger partial charge < -0.3 is 19.7 Å². The molecule has 1 atom stereocenters. The fourth-order valence-corrected chi connectivity index (χ4v) is 2.94. The minimum atomic E-state index is -0.602. The second kappa shape index (κ2) is 11.1. The van der Waals surface area contributed by atoms with Crippen LogP contribution in [0.1, 0.15) is 26.3 Å². The molecule has 0 aromatic heterocycles. The summed E-state index contributed by atoms with van der Waals surface area (Å²) < 4.78 is 10.9. The summed E-state index contributed by atoms with van der Waals surface area (Å²) in [6, 6.07) is 16.4. The van der Waals surface area contributed by atoms with Crippen LogP contribution in [0.25, 0.3) is 0 Å². The van der Waals surface area contributed by atoms with Gasteiger partial charge in [-0.15, -0.1) is 0 Å². The van der Waals surface area contributed by atoms with Crippen LogP contribution in [0.4, 0.5) is 0 Å². The van der Waals surface area contributed by atoms with E-state index in [0.717, 1.165) is 5.56 Å². The third-order valence-corrected chi connectivity index (χ3v) is 4.50. The number of amides is 2. The maximum Gasteiger partial charge on any atom is 0.261 e. The molecule has 0 fully saturated rings. The number of hydrogen-bond donors (Lipinski definition) is 1. The van der Waals surface area contributed by atoms with Gasteiger partial charge in [0.2, 0.25) is 5.91 Å². The molecule has 6 nitrogen and oxygen atoms in total. The summed E-state index contributed by atoms with van der Waals surface area (Å²) in [6.45, 7) is 5.78. The summed E-state index contributed by atoms with van der Waals surface area (Å²) in [5.74, 6) is 0.615. The molecular weight excluding hydrogens is 368 g/mol. The van der Waals surface area contributed by atoms with E-state index in [1.807, 2.05) is 56.3 Å². The third kappa shape index (κ3) is 6.82. The van der Waals surface area contributed by atoms with E-state index in [2.05, 4.69) is 5.32 Å². The first-order valence-electron chi connectivity index (χ1n) is 9.82. The van der Waals surface area contributed by atoms with Gasteiger partial charge in [0.15, 0.2) is 18.1 Å². The van der Waals surface area contributed by atoms with Crippen molar-refractivity contribution in [1.82, 2.24) is 10.2 Å². The second-order valence-corrected chi connectivity index (χ2v) is 7.10. The zero-order valence-corrected chi connectivity index (χ0v) is 17.6. The van der Waals surface area contributed by atoms with Gasteiger partial charge in [0.25, 0.3) is 5.91 Å². The van der Waals surface area contributed by atoms with Crippen LogP contribution in [0.2, 0.25) is 0 Å². The highest BCUT2D eigenvalue weighted by Gasteiger charge is 2.26. The van der Waals surface area contributed by atoms with Crippen LogP contribution in [0.15, 0.2) is 54.6 Å². The van der Waals surface area contributed by atoms with Gasteiger partial charge in [0.05, 0.1) is 7.11 Å². The highest BCUT2D eigenvalue weighted by atomic mass is 16.5. The zero-order valence-electron chi connectivity index (χ0n) is 17.6. The Morgan fingerprint density at radius 3 is 2.21 bits per heavy atom. The van der Waals surface area contributed by atoms with E-state index in [1.54, 1.807) is 31.1 Å². The van der Waals surface area contributed by atoms with Crippen molar-refractivity contribution in [2.45, 2.75) is 39.3 Å². The van der Waals surface area contributed by atoms with E-state index >= 15 is 0 Å². The first kappa shape index (κ1) is 22.3. The molecule has 6 heteroatoms. The van der Waals surface area contributed by atoms with Crippen molar-refractivity contribution in [3.63, 3.8) is 0 Å². The summed E-state index contributed by atoms with van der Waals surface area (Å²) in [5.41, 5.74) is 1.10. The van der Waals surface area contributed by atoms with Crippen molar-refractivity contribution in [3.05, 3.63) is 60.2 Å². The van der Waals surface area contributed by atoms with Crippen molar-refractivity contribution >= 4 is 11.8 Å². The lowest BCUT2D eigenvalue weighted by Gasteiger charge is -2.29. The minimum Gasteiger partial charge on any atom is -0.493 e. The molecule has 1 unspecified atom stereocenters. The molecule has 0 radical (unpaired) electrons. The standard InChI is InChI=1S/C23H30N2O4/c1-17(2)24-23(27)18(3)25(15-14-19-10-6-5-7-11-19)22(26)16-29-21-13-9-8-12-20(21)28-4/h5-13,17-18H,14-16H2,1-4H3,(H,24,27). The number of nitrogens with zero attached hydrogens (tertiary/aromatic N) is 1. The number of hydrogen-bond acceptors (Lipinski definition) is 4. The maximum absolute atomic E-state index is 12.9. The molecule has 29 heavy (non-hydrogen) atoms. The Bertz CT molecular complexity index is 792. The molecule has 2 aromatic rings. The van der Waals surface area contributed by atoms with Crippen molar-refractivity contribution in [3.8, 4) is 11.5 Å². The summed E-state index contributed by atoms with van der Waals surface area (Å²) in [5, 5.41) is 2.87. The number of nitrogens with one attached hydrogen (secondary N) is 1. The van der Waals surface area contributed by atoms with Crippen molar-refractivity contribution in [1.29, 1.82) is 0 Å². The van der Waals surface area contributed by atoms with Crippen LogP contribution < -0.4 is 14.8 Å². The highest BCUT2D eigenvalue weighted by Crippen LogP contribution is 2.25. The smallest absolute Gasteiger partial charge is 0.261 e. The molecule has 0 aliphatic rings. The lowest BCUT2D eigenvalue weighted by Crippen LogP contribution is -2.51. The summed E-state index contributed by atoms with van der Waals surface area (Å²) in [6.07, 6.45) is 0.653. The molecule has 2 aromatic carbocycles. The Morgan fingerprint density at radius 2 is 1.59 bits per heavy atom. The first-order chi connectivity index (χ1) is 13.9. The maximum atomic E-state index is 12.9. The first-order valence-corrected chi connectivity index (χ1v) is 9.82. The van der Waals surface area contributed by atoms with Gasteiger partial charge in [0.1, 0.15) is 6.04 Å². The SMILES string of the molecule is COc1ccccc1OCC(=O)N(CCc1ccccc1)C(C)C(=O)NC(C)C. The van der Waals surface area contributed by atoms with Crippen LogP contribution in [-0.2, 0) is 16.0 Å². The second-order valence-electron chi connectivity index (χ2n) is 7.10. The fraction of sp³-hybridized carbons (Fsp3) is 0.391. The molecular formula is C23H30N2O4. The molecule has 1 N–H and O–H groups in total. The van der Waals surface area contributed by atoms with E-state index in [-0.39, 0.29) is 24.5 Å². The lowest BCUT2D eigenvalue weighted by molar-refractivity contribution is -0.141. The molecule has 0 aliphatic carbocycles. The molecule has 156 valence electrons. The molecule has 0 aliphatic heterocycles. The van der Waals surface area contributed by atoms with Gasteiger partial charge in [-0.2, -0.15) is 0 Å². The van der Waals surface area contributed by atoms with Crippen LogP contribution in [-0.4, -0.2) is 49.1 Å². The topological polar surface area (TPSA) is 67.9 Å². The molecule has 0 heterocycles. The largest absolute Gasteiger partial charge is 0.493 e. The predicted molar refractivity (Wildman–Crippen MR) is 113 cm³/mol. The van der Waals surface area contributed by atoms with Gasteiger partial charge in [-0.05, 0) is 44.9 Å². The quantitative estimate of drug-likeness (QED) is 0.668. The Balaban J connectivity index is 2.09. The summed E-state index contributed by atoms with van der Waals surface area (Å²) >= 11 is 0. The van der Waals surface area contributed by atoms with Crippen LogP contribution >= 0.6 is 0 Å². The van der Waals surface area contributed by atoms with Gasteiger partial charge in [-0.3, -0.25) is 9.59 Å². The average Bonchev–Trinajstić information content (AvgIpc) is 2.72. The van der Waals surface area contributed by atoms with E-state index < -0.39 is 6.04 Å². The molecule has 2 amide bonds. The van der Waals surface area contributed by atoms with Crippen LogP contribution in [0.3, 0.4) is 0 Å². The van der Waals surface area contributed by atoms with Gasteiger partial charge >= 0.3 is 0 Å². The molecule has 0 saturated carbocycles. The van der Waals surface area contributed by atoms with Crippen LogP contribution in [0, 0.1) is 0 Å². The number of ether oxygens (including phenoxy) is 2. The van der Waals surface area contributed by atoms with E-state index in [0.29, 0.717) is 24.5 Å². The molecule has 0 saturated heterocycles. The van der Waals surface area contributed by atoms with Gasteiger partial charge in [0, 0.05) is 12.6 Å². The Labute approximate surface area is 172 Å². The number of methoxy groups -OCH3 is 1. The lowest BCUT2D eigenvalue weighted by atomic mass is 10.1. The molecule has 0 bridgehead atoms. The van der Waals surface area contributed by atoms with E-state index in [9.17, 15) is 9.59 Å². The number of carbonyl (C=O) groups is 2. The zero-order chi connectivity index (χ0) is 21.2. The monoisotopic (exact) mass is 398 g/mol. The minimum absolute atomic E-state index is 0.000792. The van der Waals surface area contributed by atoms with Gasteiger partial charge in [-0.1, -0.05) is 42.5 Å². The van der Waals surface area contributed by atoms with Gasteiger partial charge in [-0.25, -0.2) is 0 Å². The number of para-hydroxylation sites is 2. The van der Waals surface area contributed by atoms with E-state index in [1.165, 1.54) is 0 Å². The summed E-state index contributed by atoms with van der Waals surface area (Å²) in [7, 11) is 1.55. The van der Waals surface area contributed by atoms with E-state index in [4.69, 9.17) is 9.47 Å². The average molecular weight is 399 g/mol. The van der Waals surface area contributed by atoms with Crippen LogP contribution in [0.5, 0.6) is 11.5 Å². The highest BCUT2D eigenvalue weighted by molar-refractivity contribution is 5.88. The number of rotatable bonds is 10. The number of carbonyl (C=O) groups excluding carboxylic acids is 2. The van der Waals surface area contributed by atoms with Crippen molar-refractivity contribution in [2.75, 3.05) is 20.3 Å². The fourth-order valence-electron chi connectivity index (χ4n) is 2.94. The van der Waals surface area contributed by atoms with Crippen molar-refractivity contribution < 1.29 is 19.1 Å². The Hall–Kier alpha value is -3.02. The molecule has 0 spiro atoms. The predicted octanol–water partition coefficient (Wildman–Crippen LogP) is 3.06. The Morgan fingerprint density at radius 1 is 0.966 bits per heavy atom. The third-order valence-electron chi connectivity index (χ3n) is 4.50. The Kier molecular flexibility index (Phi) is 8.52. The number of benzene rings is 2. The normalized spacial score (nSPS) is 11.6. The summed E-state index contributed by atoms with van der Waals surface area (Å²) in [4.78, 5) is 27.0. The molecule has 2 rings (SSSR count). The van der Waals surface area contributed by atoms with Crippen molar-refractivity contribution in [2.24, 2.45) is 0 Å².